The first-order valence-electron chi connectivity index (χ1n) is 13.8. The van der Waals surface area contributed by atoms with Gasteiger partial charge in [-0.1, -0.05) is 103 Å². The third kappa shape index (κ3) is 15.3. The van der Waals surface area contributed by atoms with E-state index in [0.29, 0.717) is 26.2 Å². The zero-order valence-electron chi connectivity index (χ0n) is 21.6. The molecule has 1 aliphatic rings. The standard InChI is InChI=1S/C27H51NO5/c1-3-4-5-6-7-8-9-10-11-12-13-14-15-16-17-18-22-32-26(29)25-20-19-21-28(25)27(30)33-24-23-31-2/h25H,3-24H2,1-2H3. The first-order valence-corrected chi connectivity index (χ1v) is 13.8. The van der Waals surface area contributed by atoms with Crippen molar-refractivity contribution in [3.05, 3.63) is 0 Å². The summed E-state index contributed by atoms with van der Waals surface area (Å²) >= 11 is 0. The van der Waals surface area contributed by atoms with Gasteiger partial charge >= 0.3 is 12.1 Å². The fourth-order valence-corrected chi connectivity index (χ4v) is 4.44. The molecule has 1 saturated heterocycles. The van der Waals surface area contributed by atoms with Gasteiger partial charge in [0.2, 0.25) is 0 Å². The first kappa shape index (κ1) is 29.7. The molecule has 0 radical (unpaired) electrons. The number of esters is 1. The highest BCUT2D eigenvalue weighted by Crippen LogP contribution is 2.20. The van der Waals surface area contributed by atoms with Gasteiger partial charge in [-0.25, -0.2) is 9.59 Å². The van der Waals surface area contributed by atoms with Gasteiger partial charge in [0.05, 0.1) is 13.2 Å². The first-order chi connectivity index (χ1) is 16.2. The Balaban J connectivity index is 1.90. The fraction of sp³-hybridized carbons (Fsp3) is 0.926. The van der Waals surface area contributed by atoms with Gasteiger partial charge in [-0.3, -0.25) is 4.90 Å². The second-order valence-electron chi connectivity index (χ2n) is 9.43. The van der Waals surface area contributed by atoms with Gasteiger partial charge in [0.25, 0.3) is 0 Å². The highest BCUT2D eigenvalue weighted by molar-refractivity contribution is 5.82. The maximum Gasteiger partial charge on any atom is 0.410 e. The van der Waals surface area contributed by atoms with Crippen molar-refractivity contribution >= 4 is 12.1 Å². The lowest BCUT2D eigenvalue weighted by Gasteiger charge is -2.22. The molecule has 1 rings (SSSR count). The van der Waals surface area contributed by atoms with Crippen LogP contribution in [0.2, 0.25) is 0 Å². The Bertz CT molecular complexity index is 485. The topological polar surface area (TPSA) is 65.1 Å². The van der Waals surface area contributed by atoms with Crippen molar-refractivity contribution in [2.75, 3.05) is 33.5 Å². The zero-order valence-corrected chi connectivity index (χ0v) is 21.6. The van der Waals surface area contributed by atoms with Crippen LogP contribution in [0, 0.1) is 0 Å². The third-order valence-corrected chi connectivity index (χ3v) is 6.51. The SMILES string of the molecule is CCCCCCCCCCCCCCCCCCOC(=O)C1CCCN1C(=O)OCCOC. The van der Waals surface area contributed by atoms with Gasteiger partial charge < -0.3 is 14.2 Å². The van der Waals surface area contributed by atoms with Gasteiger partial charge in [-0.2, -0.15) is 0 Å². The lowest BCUT2D eigenvalue weighted by molar-refractivity contribution is -0.148. The Hall–Kier alpha value is -1.30. The van der Waals surface area contributed by atoms with Crippen LogP contribution in [0.25, 0.3) is 0 Å². The monoisotopic (exact) mass is 469 g/mol. The Labute approximate surface area is 203 Å². The molecule has 1 aliphatic heterocycles. The summed E-state index contributed by atoms with van der Waals surface area (Å²) < 4.78 is 15.5. The van der Waals surface area contributed by atoms with Gasteiger partial charge in [0.15, 0.2) is 0 Å². The maximum atomic E-state index is 12.4. The Morgan fingerprint density at radius 2 is 1.21 bits per heavy atom. The average molecular weight is 470 g/mol. The van der Waals surface area contributed by atoms with Crippen LogP contribution in [0.15, 0.2) is 0 Å². The largest absolute Gasteiger partial charge is 0.464 e. The molecule has 0 saturated carbocycles. The van der Waals surface area contributed by atoms with Gasteiger partial charge in [-0.05, 0) is 19.3 Å². The molecule has 6 heteroatoms. The normalized spacial score (nSPS) is 15.7. The summed E-state index contributed by atoms with van der Waals surface area (Å²) in [6.45, 7) is 3.82. The lowest BCUT2D eigenvalue weighted by Crippen LogP contribution is -2.42. The van der Waals surface area contributed by atoms with Crippen molar-refractivity contribution in [1.82, 2.24) is 4.90 Å². The summed E-state index contributed by atoms with van der Waals surface area (Å²) in [6.07, 6.45) is 22.2. The number of unbranched alkanes of at least 4 members (excludes halogenated alkanes) is 15. The molecule has 1 unspecified atom stereocenters. The van der Waals surface area contributed by atoms with E-state index in [4.69, 9.17) is 14.2 Å². The van der Waals surface area contributed by atoms with Crippen molar-refractivity contribution in [3.63, 3.8) is 0 Å². The molecule has 0 aromatic rings. The Morgan fingerprint density at radius 3 is 1.73 bits per heavy atom. The van der Waals surface area contributed by atoms with Crippen LogP contribution >= 0.6 is 0 Å². The molecule has 0 N–H and O–H groups in total. The number of methoxy groups -OCH3 is 1. The van der Waals surface area contributed by atoms with E-state index in [0.717, 1.165) is 19.3 Å². The average Bonchev–Trinajstić information content (AvgIpc) is 3.31. The van der Waals surface area contributed by atoms with E-state index < -0.39 is 12.1 Å². The number of amides is 1. The summed E-state index contributed by atoms with van der Waals surface area (Å²) in [7, 11) is 1.56. The number of carbonyl (C=O) groups is 2. The van der Waals surface area contributed by atoms with Gasteiger partial charge in [0, 0.05) is 13.7 Å². The molecule has 1 fully saturated rings. The molecule has 0 aromatic carbocycles. The second-order valence-corrected chi connectivity index (χ2v) is 9.43. The van der Waals surface area contributed by atoms with E-state index in [1.54, 1.807) is 7.11 Å². The molecule has 0 aromatic heterocycles. The minimum atomic E-state index is -0.499. The second kappa shape index (κ2) is 21.2. The van der Waals surface area contributed by atoms with Gasteiger partial charge in [0.1, 0.15) is 12.6 Å². The zero-order chi connectivity index (χ0) is 24.0. The smallest absolute Gasteiger partial charge is 0.410 e. The van der Waals surface area contributed by atoms with Gasteiger partial charge in [-0.15, -0.1) is 0 Å². The quantitative estimate of drug-likeness (QED) is 0.133. The molecule has 1 atom stereocenters. The summed E-state index contributed by atoms with van der Waals surface area (Å²) in [5.74, 6) is -0.294. The van der Waals surface area contributed by atoms with Crippen LogP contribution in [0.5, 0.6) is 0 Å². The molecule has 33 heavy (non-hydrogen) atoms. The van der Waals surface area contributed by atoms with Crippen LogP contribution in [0.3, 0.4) is 0 Å². The van der Waals surface area contributed by atoms with E-state index in [9.17, 15) is 9.59 Å². The maximum absolute atomic E-state index is 12.4. The van der Waals surface area contributed by atoms with E-state index in [2.05, 4.69) is 6.92 Å². The van der Waals surface area contributed by atoms with E-state index in [-0.39, 0.29) is 12.6 Å². The minimum Gasteiger partial charge on any atom is -0.464 e. The summed E-state index contributed by atoms with van der Waals surface area (Å²) in [4.78, 5) is 26.0. The predicted octanol–water partition coefficient (Wildman–Crippen LogP) is 7.04. The summed E-state index contributed by atoms with van der Waals surface area (Å²) in [6, 6.07) is -0.499. The van der Waals surface area contributed by atoms with E-state index in [1.807, 2.05) is 0 Å². The van der Waals surface area contributed by atoms with Crippen molar-refractivity contribution < 1.29 is 23.8 Å². The van der Waals surface area contributed by atoms with E-state index in [1.165, 1.54) is 94.8 Å². The highest BCUT2D eigenvalue weighted by atomic mass is 16.6. The summed E-state index contributed by atoms with van der Waals surface area (Å²) in [5.41, 5.74) is 0. The minimum absolute atomic E-state index is 0.201. The van der Waals surface area contributed by atoms with Crippen molar-refractivity contribution in [3.8, 4) is 0 Å². The predicted molar refractivity (Wildman–Crippen MR) is 133 cm³/mol. The molecule has 194 valence electrons. The number of ether oxygens (including phenoxy) is 3. The molecular weight excluding hydrogens is 418 g/mol. The lowest BCUT2D eigenvalue weighted by atomic mass is 10.0. The van der Waals surface area contributed by atoms with Crippen molar-refractivity contribution in [1.29, 1.82) is 0 Å². The number of hydrogen-bond donors (Lipinski definition) is 0. The number of likely N-dealkylation sites (tertiary alicyclic amines) is 1. The van der Waals surface area contributed by atoms with Crippen LogP contribution in [-0.2, 0) is 19.0 Å². The summed E-state index contributed by atoms with van der Waals surface area (Å²) in [5, 5.41) is 0. The molecule has 1 amide bonds. The molecule has 0 bridgehead atoms. The number of hydrogen-bond acceptors (Lipinski definition) is 5. The van der Waals surface area contributed by atoms with Crippen molar-refractivity contribution in [2.45, 2.75) is 129 Å². The molecule has 6 nitrogen and oxygen atoms in total. The van der Waals surface area contributed by atoms with Crippen LogP contribution in [0.4, 0.5) is 4.79 Å². The molecule has 0 spiro atoms. The van der Waals surface area contributed by atoms with Crippen molar-refractivity contribution in [2.24, 2.45) is 0 Å². The third-order valence-electron chi connectivity index (χ3n) is 6.51. The fourth-order valence-electron chi connectivity index (χ4n) is 4.44. The molecule has 0 aliphatic carbocycles. The number of nitrogens with zero attached hydrogens (tertiary/aromatic N) is 1. The Kier molecular flexibility index (Phi) is 19.1. The number of carbonyl (C=O) groups excluding carboxylic acids is 2. The van der Waals surface area contributed by atoms with Crippen LogP contribution < -0.4 is 0 Å². The molecule has 1 heterocycles. The number of rotatable bonds is 21. The Morgan fingerprint density at radius 1 is 0.697 bits per heavy atom. The van der Waals surface area contributed by atoms with E-state index >= 15 is 0 Å². The van der Waals surface area contributed by atoms with Crippen LogP contribution in [-0.4, -0.2) is 56.5 Å². The highest BCUT2D eigenvalue weighted by Gasteiger charge is 2.36. The molecular formula is C27H51NO5. The van der Waals surface area contributed by atoms with Crippen LogP contribution in [0.1, 0.15) is 122 Å².